The molecule has 0 saturated heterocycles. The monoisotopic (exact) mass is 337 g/mol. The Morgan fingerprint density at radius 2 is 1.96 bits per heavy atom. The van der Waals surface area contributed by atoms with Crippen LogP contribution < -0.4 is 0 Å². The maximum Gasteiger partial charge on any atom is 0.174 e. The molecule has 24 heavy (non-hydrogen) atoms. The first kappa shape index (κ1) is 14.8. The zero-order chi connectivity index (χ0) is 16.4. The highest BCUT2D eigenvalue weighted by Gasteiger charge is 2.11. The second kappa shape index (κ2) is 6.37. The normalized spacial score (nSPS) is 11.0. The minimum atomic E-state index is -0.311. The molecule has 118 valence electrons. The molecule has 0 aliphatic carbocycles. The molecule has 0 radical (unpaired) electrons. The molecular formula is C17H12FN5S. The van der Waals surface area contributed by atoms with E-state index in [-0.39, 0.29) is 5.82 Å². The Bertz CT molecular complexity index is 987. The minimum Gasteiger partial charge on any atom is -0.320 e. The first-order valence-electron chi connectivity index (χ1n) is 7.29. The Labute approximate surface area is 141 Å². The van der Waals surface area contributed by atoms with Gasteiger partial charge in [0, 0.05) is 30.0 Å². The summed E-state index contributed by atoms with van der Waals surface area (Å²) in [6.45, 7) is 0.626. The van der Waals surface area contributed by atoms with E-state index in [2.05, 4.69) is 19.9 Å². The molecule has 0 spiro atoms. The van der Waals surface area contributed by atoms with Crippen molar-refractivity contribution in [1.82, 2.24) is 24.5 Å². The quantitative estimate of drug-likeness (QED) is 0.533. The summed E-state index contributed by atoms with van der Waals surface area (Å²) < 4.78 is 15.4. The number of fused-ring (bicyclic) bond motifs is 1. The van der Waals surface area contributed by atoms with Gasteiger partial charge >= 0.3 is 0 Å². The first-order chi connectivity index (χ1) is 11.8. The standard InChI is InChI=1S/C17H12FN5S/c18-12-4-5-14-15(9-12)21-11-22-16(14)24-17-20-7-8-23(17)10-13-3-1-2-6-19-13/h1-9,11H,10H2. The number of aromatic nitrogens is 5. The summed E-state index contributed by atoms with van der Waals surface area (Å²) in [5, 5.41) is 2.34. The smallest absolute Gasteiger partial charge is 0.174 e. The first-order valence-corrected chi connectivity index (χ1v) is 8.10. The van der Waals surface area contributed by atoms with Crippen molar-refractivity contribution in [3.63, 3.8) is 0 Å². The lowest BCUT2D eigenvalue weighted by atomic mass is 10.2. The van der Waals surface area contributed by atoms with E-state index in [1.807, 2.05) is 29.0 Å². The molecule has 0 bridgehead atoms. The number of rotatable bonds is 4. The average molecular weight is 337 g/mol. The van der Waals surface area contributed by atoms with Crippen LogP contribution in [-0.2, 0) is 6.54 Å². The van der Waals surface area contributed by atoms with Crippen molar-refractivity contribution in [3.05, 3.63) is 72.8 Å². The third-order valence-electron chi connectivity index (χ3n) is 3.49. The van der Waals surface area contributed by atoms with Crippen LogP contribution in [0.2, 0.25) is 0 Å². The highest BCUT2D eigenvalue weighted by Crippen LogP contribution is 2.30. The van der Waals surface area contributed by atoms with Gasteiger partial charge in [-0.1, -0.05) is 6.07 Å². The van der Waals surface area contributed by atoms with Gasteiger partial charge in [0.25, 0.3) is 0 Å². The zero-order valence-electron chi connectivity index (χ0n) is 12.5. The van der Waals surface area contributed by atoms with Gasteiger partial charge in [-0.15, -0.1) is 0 Å². The van der Waals surface area contributed by atoms with Crippen molar-refractivity contribution in [2.45, 2.75) is 16.7 Å². The molecule has 3 aromatic heterocycles. The lowest BCUT2D eigenvalue weighted by molar-refractivity contribution is 0.629. The van der Waals surface area contributed by atoms with E-state index in [0.717, 1.165) is 21.3 Å². The third kappa shape index (κ3) is 2.98. The molecule has 4 rings (SSSR count). The van der Waals surface area contributed by atoms with Crippen LogP contribution in [-0.4, -0.2) is 24.5 Å². The number of imidazole rings is 1. The number of hydrogen-bond donors (Lipinski definition) is 0. The Morgan fingerprint density at radius 3 is 2.83 bits per heavy atom. The summed E-state index contributed by atoms with van der Waals surface area (Å²) in [5.41, 5.74) is 1.53. The van der Waals surface area contributed by atoms with E-state index >= 15 is 0 Å². The number of benzene rings is 1. The maximum absolute atomic E-state index is 13.4. The van der Waals surface area contributed by atoms with Gasteiger partial charge in [0.1, 0.15) is 17.2 Å². The summed E-state index contributed by atoms with van der Waals surface area (Å²) in [5.74, 6) is -0.311. The van der Waals surface area contributed by atoms with E-state index < -0.39 is 0 Å². The Hall–Kier alpha value is -2.80. The van der Waals surface area contributed by atoms with Crippen LogP contribution in [0.15, 0.2) is 71.5 Å². The fraction of sp³-hybridized carbons (Fsp3) is 0.0588. The number of halogens is 1. The van der Waals surface area contributed by atoms with E-state index in [9.17, 15) is 4.39 Å². The van der Waals surface area contributed by atoms with Crippen LogP contribution in [0.1, 0.15) is 5.69 Å². The number of hydrogen-bond acceptors (Lipinski definition) is 5. The Morgan fingerprint density at radius 1 is 1.00 bits per heavy atom. The molecule has 5 nitrogen and oxygen atoms in total. The van der Waals surface area contributed by atoms with Gasteiger partial charge in [0.05, 0.1) is 17.8 Å². The van der Waals surface area contributed by atoms with Crippen molar-refractivity contribution < 1.29 is 4.39 Å². The topological polar surface area (TPSA) is 56.5 Å². The zero-order valence-corrected chi connectivity index (χ0v) is 13.3. The SMILES string of the molecule is Fc1ccc2c(Sc3nccn3Cc3ccccn3)ncnc2c1. The van der Waals surface area contributed by atoms with E-state index in [1.165, 1.54) is 30.2 Å². The van der Waals surface area contributed by atoms with Gasteiger partial charge in [-0.05, 0) is 36.0 Å². The predicted octanol–water partition coefficient (Wildman–Crippen LogP) is 3.56. The lowest BCUT2D eigenvalue weighted by Crippen LogP contribution is -2.02. The van der Waals surface area contributed by atoms with Gasteiger partial charge < -0.3 is 4.57 Å². The molecule has 7 heteroatoms. The molecule has 0 saturated carbocycles. The van der Waals surface area contributed by atoms with Crippen molar-refractivity contribution in [2.24, 2.45) is 0 Å². The summed E-state index contributed by atoms with van der Waals surface area (Å²) >= 11 is 1.43. The van der Waals surface area contributed by atoms with Gasteiger partial charge in [-0.25, -0.2) is 19.3 Å². The van der Waals surface area contributed by atoms with Gasteiger partial charge in [0.2, 0.25) is 0 Å². The fourth-order valence-corrected chi connectivity index (χ4v) is 3.27. The summed E-state index contributed by atoms with van der Waals surface area (Å²) in [7, 11) is 0. The minimum absolute atomic E-state index is 0.311. The highest BCUT2D eigenvalue weighted by molar-refractivity contribution is 7.99. The van der Waals surface area contributed by atoms with Crippen LogP contribution in [0, 0.1) is 5.82 Å². The molecule has 1 aromatic carbocycles. The molecule has 4 aromatic rings. The van der Waals surface area contributed by atoms with Crippen LogP contribution in [0.5, 0.6) is 0 Å². The Kier molecular flexibility index (Phi) is 3.92. The van der Waals surface area contributed by atoms with E-state index in [1.54, 1.807) is 18.5 Å². The number of pyridine rings is 1. The van der Waals surface area contributed by atoms with Crippen LogP contribution in [0.4, 0.5) is 4.39 Å². The summed E-state index contributed by atoms with van der Waals surface area (Å²) in [6, 6.07) is 10.3. The second-order valence-corrected chi connectivity index (χ2v) is 6.06. The van der Waals surface area contributed by atoms with Gasteiger partial charge in [-0.2, -0.15) is 0 Å². The predicted molar refractivity (Wildman–Crippen MR) is 89.2 cm³/mol. The lowest BCUT2D eigenvalue weighted by Gasteiger charge is -2.08. The molecular weight excluding hydrogens is 325 g/mol. The summed E-state index contributed by atoms with van der Waals surface area (Å²) in [6.07, 6.45) is 6.86. The Balaban J connectivity index is 1.66. The van der Waals surface area contributed by atoms with Crippen LogP contribution in [0.25, 0.3) is 10.9 Å². The van der Waals surface area contributed by atoms with Gasteiger partial charge in [0.15, 0.2) is 5.16 Å². The maximum atomic E-state index is 13.4. The molecule has 0 atom stereocenters. The van der Waals surface area contributed by atoms with Crippen molar-refractivity contribution in [3.8, 4) is 0 Å². The molecule has 0 amide bonds. The van der Waals surface area contributed by atoms with Crippen LogP contribution in [0.3, 0.4) is 0 Å². The highest BCUT2D eigenvalue weighted by atomic mass is 32.2. The average Bonchev–Trinajstić information content (AvgIpc) is 3.02. The number of nitrogens with zero attached hydrogens (tertiary/aromatic N) is 5. The van der Waals surface area contributed by atoms with Gasteiger partial charge in [-0.3, -0.25) is 4.98 Å². The molecule has 0 fully saturated rings. The van der Waals surface area contributed by atoms with Crippen molar-refractivity contribution >= 4 is 22.7 Å². The fourth-order valence-electron chi connectivity index (χ4n) is 2.36. The van der Waals surface area contributed by atoms with Crippen LogP contribution >= 0.6 is 11.8 Å². The molecule has 0 aliphatic rings. The molecule has 0 unspecified atom stereocenters. The molecule has 0 N–H and O–H groups in total. The van der Waals surface area contributed by atoms with E-state index in [4.69, 9.17) is 0 Å². The third-order valence-corrected chi connectivity index (χ3v) is 4.53. The second-order valence-electron chi connectivity index (χ2n) is 5.10. The van der Waals surface area contributed by atoms with Crippen molar-refractivity contribution in [1.29, 1.82) is 0 Å². The largest absolute Gasteiger partial charge is 0.320 e. The molecule has 3 heterocycles. The van der Waals surface area contributed by atoms with E-state index in [0.29, 0.717) is 12.1 Å². The summed E-state index contributed by atoms with van der Waals surface area (Å²) in [4.78, 5) is 17.2. The van der Waals surface area contributed by atoms with Crippen molar-refractivity contribution in [2.75, 3.05) is 0 Å². The molecule has 0 aliphatic heterocycles.